The van der Waals surface area contributed by atoms with Crippen molar-refractivity contribution in [1.82, 2.24) is 4.98 Å². The monoisotopic (exact) mass is 343 g/mol. The van der Waals surface area contributed by atoms with Crippen LogP contribution < -0.4 is 10.3 Å². The second kappa shape index (κ2) is 6.09. The van der Waals surface area contributed by atoms with E-state index in [1.165, 1.54) is 6.92 Å². The van der Waals surface area contributed by atoms with E-state index in [0.717, 1.165) is 6.07 Å². The molecule has 0 radical (unpaired) electrons. The topological polar surface area (TPSA) is 68.4 Å². The molecule has 106 valence electrons. The van der Waals surface area contributed by atoms with Gasteiger partial charge in [0, 0.05) is 17.0 Å². The van der Waals surface area contributed by atoms with E-state index in [4.69, 9.17) is 0 Å². The van der Waals surface area contributed by atoms with Crippen LogP contribution in [0.25, 0.3) is 0 Å². The van der Waals surface area contributed by atoms with Crippen LogP contribution in [0.5, 0.6) is 5.75 Å². The first-order chi connectivity index (χ1) is 8.78. The molecule has 0 unspecified atom stereocenters. The minimum absolute atomic E-state index is 0.0507. The Labute approximate surface area is 113 Å². The van der Waals surface area contributed by atoms with Crippen molar-refractivity contribution < 1.29 is 27.4 Å². The van der Waals surface area contributed by atoms with Crippen molar-refractivity contribution in [2.45, 2.75) is 18.6 Å². The molecule has 0 aliphatic carbocycles. The third-order valence-electron chi connectivity index (χ3n) is 1.91. The summed E-state index contributed by atoms with van der Waals surface area (Å²) in [7, 11) is 0. The van der Waals surface area contributed by atoms with Gasteiger partial charge in [-0.15, -0.1) is 13.2 Å². The lowest BCUT2D eigenvalue weighted by Gasteiger charge is -2.14. The van der Waals surface area contributed by atoms with Crippen LogP contribution >= 0.6 is 15.9 Å². The zero-order valence-electron chi connectivity index (χ0n) is 9.64. The Morgan fingerprint density at radius 1 is 1.47 bits per heavy atom. The molecule has 1 aromatic rings. The first-order valence-electron chi connectivity index (χ1n) is 5.03. The molecule has 9 heteroatoms. The largest absolute Gasteiger partial charge is 0.573 e. The number of aromatic amines is 1. The van der Waals surface area contributed by atoms with E-state index in [9.17, 15) is 22.8 Å². The SMILES string of the molecule is CCOC(=O)c1[nH]c(=O)cc(CBr)c1OC(F)(F)F. The molecular weight excluding hydrogens is 335 g/mol. The number of pyridine rings is 1. The van der Waals surface area contributed by atoms with Crippen LogP contribution in [0.15, 0.2) is 10.9 Å². The average Bonchev–Trinajstić information content (AvgIpc) is 2.29. The molecule has 0 spiro atoms. The van der Waals surface area contributed by atoms with Gasteiger partial charge in [0.1, 0.15) is 0 Å². The maximum absolute atomic E-state index is 12.3. The van der Waals surface area contributed by atoms with Gasteiger partial charge in [-0.1, -0.05) is 15.9 Å². The van der Waals surface area contributed by atoms with Gasteiger partial charge in [0.25, 0.3) is 0 Å². The van der Waals surface area contributed by atoms with E-state index in [0.29, 0.717) is 0 Å². The molecular formula is C10H9BrF3NO4. The Bertz CT molecular complexity index is 526. The second-order valence-electron chi connectivity index (χ2n) is 3.26. The number of alkyl halides is 4. The van der Waals surface area contributed by atoms with Crippen LogP contribution in [0.3, 0.4) is 0 Å². The molecule has 1 heterocycles. The highest BCUT2D eigenvalue weighted by molar-refractivity contribution is 9.08. The summed E-state index contributed by atoms with van der Waals surface area (Å²) < 4.78 is 45.3. The van der Waals surface area contributed by atoms with Gasteiger partial charge < -0.3 is 14.5 Å². The summed E-state index contributed by atoms with van der Waals surface area (Å²) in [5.74, 6) is -1.87. The Morgan fingerprint density at radius 3 is 2.58 bits per heavy atom. The van der Waals surface area contributed by atoms with Gasteiger partial charge in [-0.05, 0) is 6.92 Å². The van der Waals surface area contributed by atoms with Crippen molar-refractivity contribution in [3.63, 3.8) is 0 Å². The molecule has 0 fully saturated rings. The third-order valence-corrected chi connectivity index (χ3v) is 2.52. The van der Waals surface area contributed by atoms with Gasteiger partial charge in [0.05, 0.1) is 6.61 Å². The molecule has 0 bridgehead atoms. The molecule has 5 nitrogen and oxygen atoms in total. The van der Waals surface area contributed by atoms with Crippen molar-refractivity contribution in [3.8, 4) is 5.75 Å². The third kappa shape index (κ3) is 4.27. The van der Waals surface area contributed by atoms with Crippen molar-refractivity contribution in [2.24, 2.45) is 0 Å². The average molecular weight is 344 g/mol. The molecule has 1 rings (SSSR count). The van der Waals surface area contributed by atoms with Gasteiger partial charge >= 0.3 is 12.3 Å². The summed E-state index contributed by atoms with van der Waals surface area (Å²) in [4.78, 5) is 24.8. The number of halogens is 4. The van der Waals surface area contributed by atoms with Gasteiger partial charge in [0.15, 0.2) is 11.4 Å². The zero-order chi connectivity index (χ0) is 14.6. The van der Waals surface area contributed by atoms with Gasteiger partial charge in [-0.2, -0.15) is 0 Å². The summed E-state index contributed by atoms with van der Waals surface area (Å²) in [5, 5.41) is -0.0886. The number of esters is 1. The number of carbonyl (C=O) groups is 1. The van der Waals surface area contributed by atoms with E-state index in [-0.39, 0.29) is 17.5 Å². The van der Waals surface area contributed by atoms with E-state index in [1.807, 2.05) is 4.98 Å². The van der Waals surface area contributed by atoms with Crippen LogP contribution in [0.2, 0.25) is 0 Å². The van der Waals surface area contributed by atoms with Gasteiger partial charge in [-0.3, -0.25) is 4.79 Å². The van der Waals surface area contributed by atoms with Crippen LogP contribution in [-0.2, 0) is 10.1 Å². The summed E-state index contributed by atoms with van der Waals surface area (Å²) in [6, 6.07) is 0.901. The number of aromatic nitrogens is 1. The minimum atomic E-state index is -4.99. The molecule has 0 aliphatic rings. The first-order valence-corrected chi connectivity index (χ1v) is 6.15. The smallest absolute Gasteiger partial charge is 0.461 e. The lowest BCUT2D eigenvalue weighted by atomic mass is 10.2. The fourth-order valence-corrected chi connectivity index (χ4v) is 1.70. The number of hydrogen-bond donors (Lipinski definition) is 1. The molecule has 0 saturated carbocycles. The molecule has 0 saturated heterocycles. The van der Waals surface area contributed by atoms with Crippen molar-refractivity contribution in [1.29, 1.82) is 0 Å². The Morgan fingerprint density at radius 2 is 2.11 bits per heavy atom. The van der Waals surface area contributed by atoms with Crippen molar-refractivity contribution >= 4 is 21.9 Å². The molecule has 19 heavy (non-hydrogen) atoms. The number of H-pyrrole nitrogens is 1. The molecule has 0 aromatic carbocycles. The van der Waals surface area contributed by atoms with Crippen LogP contribution in [0.4, 0.5) is 13.2 Å². The van der Waals surface area contributed by atoms with Crippen LogP contribution in [-0.4, -0.2) is 23.9 Å². The highest BCUT2D eigenvalue weighted by Crippen LogP contribution is 2.29. The number of carbonyl (C=O) groups excluding carboxylic acids is 1. The normalized spacial score (nSPS) is 11.2. The fraction of sp³-hybridized carbons (Fsp3) is 0.400. The molecule has 1 aromatic heterocycles. The van der Waals surface area contributed by atoms with E-state index < -0.39 is 29.3 Å². The quantitative estimate of drug-likeness (QED) is 0.673. The number of nitrogens with one attached hydrogen (secondary N) is 1. The molecule has 0 atom stereocenters. The second-order valence-corrected chi connectivity index (χ2v) is 3.83. The Kier molecular flexibility index (Phi) is 4.98. The maximum Gasteiger partial charge on any atom is 0.573 e. The highest BCUT2D eigenvalue weighted by Gasteiger charge is 2.35. The van der Waals surface area contributed by atoms with Gasteiger partial charge in [-0.25, -0.2) is 4.79 Å². The summed E-state index contributed by atoms with van der Waals surface area (Å²) in [6.45, 7) is 1.43. The van der Waals surface area contributed by atoms with Crippen LogP contribution in [0, 0.1) is 0 Å². The number of ether oxygens (including phenoxy) is 2. The Hall–Kier alpha value is -1.51. The fourth-order valence-electron chi connectivity index (χ4n) is 1.28. The summed E-state index contributed by atoms with van der Waals surface area (Å²) >= 11 is 2.92. The highest BCUT2D eigenvalue weighted by atomic mass is 79.9. The van der Waals surface area contributed by atoms with Crippen molar-refractivity contribution in [2.75, 3.05) is 6.61 Å². The summed E-state index contributed by atoms with van der Waals surface area (Å²) in [5.41, 5.74) is -1.50. The number of rotatable bonds is 4. The van der Waals surface area contributed by atoms with E-state index in [2.05, 4.69) is 25.4 Å². The van der Waals surface area contributed by atoms with E-state index in [1.54, 1.807) is 0 Å². The molecule has 0 aliphatic heterocycles. The standard InChI is InChI=1S/C10H9BrF3NO4/c1-2-18-9(17)7-8(19-10(12,13)14)5(4-11)3-6(16)15-7/h3H,2,4H2,1H3,(H,15,16). The molecule has 1 N–H and O–H groups in total. The predicted molar refractivity (Wildman–Crippen MR) is 62.3 cm³/mol. The predicted octanol–water partition coefficient (Wildman–Crippen LogP) is 2.35. The Balaban J connectivity index is 3.37. The maximum atomic E-state index is 12.3. The zero-order valence-corrected chi connectivity index (χ0v) is 11.2. The first kappa shape index (κ1) is 15.5. The van der Waals surface area contributed by atoms with Crippen molar-refractivity contribution in [3.05, 3.63) is 27.7 Å². The van der Waals surface area contributed by atoms with E-state index >= 15 is 0 Å². The minimum Gasteiger partial charge on any atom is -0.461 e. The van der Waals surface area contributed by atoms with Gasteiger partial charge in [0.2, 0.25) is 5.56 Å². The lowest BCUT2D eigenvalue weighted by molar-refractivity contribution is -0.275. The lowest BCUT2D eigenvalue weighted by Crippen LogP contribution is -2.24. The number of hydrogen-bond acceptors (Lipinski definition) is 4. The molecule has 0 amide bonds. The summed E-state index contributed by atoms with van der Waals surface area (Å²) in [6.07, 6.45) is -4.99. The van der Waals surface area contributed by atoms with Crippen LogP contribution in [0.1, 0.15) is 23.0 Å².